The highest BCUT2D eigenvalue weighted by molar-refractivity contribution is 6.53. The molecule has 0 aliphatic heterocycles. The highest BCUT2D eigenvalue weighted by Gasteiger charge is 1.90. The lowest BCUT2D eigenvalue weighted by Gasteiger charge is -1.96. The summed E-state index contributed by atoms with van der Waals surface area (Å²) in [6.07, 6.45) is 5.60. The number of allylic oxidation sites excluding steroid dienone is 2. The van der Waals surface area contributed by atoms with E-state index in [9.17, 15) is 0 Å². The molecule has 84 valence electrons. The van der Waals surface area contributed by atoms with E-state index in [0.29, 0.717) is 0 Å². The molecule has 0 fully saturated rings. The van der Waals surface area contributed by atoms with Crippen molar-refractivity contribution in [3.63, 3.8) is 0 Å². The molecule has 0 atom stereocenters. The van der Waals surface area contributed by atoms with E-state index in [4.69, 9.17) is 0 Å². The third-order valence-electron chi connectivity index (χ3n) is 2.56. The first-order valence-electron chi connectivity index (χ1n) is 5.93. The minimum atomic E-state index is 0.885. The molecule has 0 N–H and O–H groups in total. The van der Waals surface area contributed by atoms with Gasteiger partial charge in [-0.25, -0.2) is 0 Å². The molecule has 0 spiro atoms. The molecule has 0 heterocycles. The summed E-state index contributed by atoms with van der Waals surface area (Å²) in [6, 6.07) is 22.4. The van der Waals surface area contributed by atoms with Crippen LogP contribution in [0, 0.1) is 0 Å². The SMILES string of the molecule is C(=C/Cc1ccccc1)/C[Si]c1ccccc1. The van der Waals surface area contributed by atoms with Crippen LogP contribution in [0.15, 0.2) is 72.8 Å². The summed E-state index contributed by atoms with van der Waals surface area (Å²) in [6.45, 7) is 0. The maximum Gasteiger partial charge on any atom is 0.0849 e. The van der Waals surface area contributed by atoms with Gasteiger partial charge in [-0.3, -0.25) is 0 Å². The first kappa shape index (κ1) is 11.9. The van der Waals surface area contributed by atoms with Gasteiger partial charge < -0.3 is 0 Å². The summed E-state index contributed by atoms with van der Waals surface area (Å²) < 4.78 is 0. The van der Waals surface area contributed by atoms with Gasteiger partial charge in [-0.1, -0.05) is 78.0 Å². The summed E-state index contributed by atoms with van der Waals surface area (Å²) in [5, 5.41) is 1.44. The highest BCUT2D eigenvalue weighted by atomic mass is 28.2. The Morgan fingerprint density at radius 2 is 1.41 bits per heavy atom. The van der Waals surface area contributed by atoms with Crippen LogP contribution in [-0.2, 0) is 6.42 Å². The van der Waals surface area contributed by atoms with E-state index in [0.717, 1.165) is 22.0 Å². The van der Waals surface area contributed by atoms with E-state index in [1.54, 1.807) is 0 Å². The second kappa shape index (κ2) is 6.87. The summed E-state index contributed by atoms with van der Waals surface area (Å²) >= 11 is 0. The minimum Gasteiger partial charge on any atom is -0.0910 e. The maximum absolute atomic E-state index is 2.29. The maximum atomic E-state index is 2.29. The molecular weight excluding hydrogens is 220 g/mol. The summed E-state index contributed by atoms with van der Waals surface area (Å²) in [5.41, 5.74) is 1.38. The molecular formula is C16H16Si. The van der Waals surface area contributed by atoms with E-state index in [1.807, 2.05) is 0 Å². The van der Waals surface area contributed by atoms with Crippen molar-refractivity contribution < 1.29 is 0 Å². The standard InChI is InChI=1S/C16H16Si/c1-3-9-15(10-4-1)11-7-8-14-17-16-12-5-2-6-13-16/h1-10,12-13H,11,14H2/b8-7-. The van der Waals surface area contributed by atoms with E-state index in [-0.39, 0.29) is 0 Å². The normalized spacial score (nSPS) is 10.8. The monoisotopic (exact) mass is 236 g/mol. The van der Waals surface area contributed by atoms with Crippen molar-refractivity contribution in [3.05, 3.63) is 78.4 Å². The van der Waals surface area contributed by atoms with Crippen LogP contribution in [0.1, 0.15) is 5.56 Å². The lowest BCUT2D eigenvalue weighted by Crippen LogP contribution is -2.11. The van der Waals surface area contributed by atoms with Crippen LogP contribution in [-0.4, -0.2) is 9.52 Å². The molecule has 0 saturated carbocycles. The van der Waals surface area contributed by atoms with Crippen molar-refractivity contribution in [3.8, 4) is 0 Å². The Hall–Kier alpha value is -1.60. The van der Waals surface area contributed by atoms with Gasteiger partial charge in [-0.2, -0.15) is 0 Å². The molecule has 0 aliphatic rings. The van der Waals surface area contributed by atoms with E-state index >= 15 is 0 Å². The van der Waals surface area contributed by atoms with E-state index in [2.05, 4.69) is 72.8 Å². The summed E-state index contributed by atoms with van der Waals surface area (Å²) in [5.74, 6) is 0. The number of benzene rings is 2. The molecule has 2 rings (SSSR count). The molecule has 0 nitrogen and oxygen atoms in total. The molecule has 0 aromatic heterocycles. The lowest BCUT2D eigenvalue weighted by molar-refractivity contribution is 1.26. The number of hydrogen-bond acceptors (Lipinski definition) is 0. The van der Waals surface area contributed by atoms with Gasteiger partial charge in [-0.15, -0.1) is 0 Å². The van der Waals surface area contributed by atoms with Gasteiger partial charge in [0, 0.05) is 0 Å². The van der Waals surface area contributed by atoms with Crippen molar-refractivity contribution in [2.24, 2.45) is 0 Å². The van der Waals surface area contributed by atoms with E-state index < -0.39 is 0 Å². The van der Waals surface area contributed by atoms with Gasteiger partial charge in [-0.05, 0) is 18.0 Å². The topological polar surface area (TPSA) is 0 Å². The van der Waals surface area contributed by atoms with Gasteiger partial charge in [0.15, 0.2) is 0 Å². The fourth-order valence-corrected chi connectivity index (χ4v) is 2.60. The van der Waals surface area contributed by atoms with Crippen LogP contribution in [0.25, 0.3) is 0 Å². The minimum absolute atomic E-state index is 0.885. The fourth-order valence-electron chi connectivity index (χ4n) is 1.65. The van der Waals surface area contributed by atoms with Gasteiger partial charge >= 0.3 is 0 Å². The van der Waals surface area contributed by atoms with Crippen molar-refractivity contribution in [2.75, 3.05) is 0 Å². The Morgan fingerprint density at radius 1 is 0.765 bits per heavy atom. The fraction of sp³-hybridized carbons (Fsp3) is 0.125. The van der Waals surface area contributed by atoms with Gasteiger partial charge in [0.2, 0.25) is 0 Å². The van der Waals surface area contributed by atoms with Gasteiger partial charge in [0.1, 0.15) is 0 Å². The first-order chi connectivity index (χ1) is 8.45. The van der Waals surface area contributed by atoms with Crippen LogP contribution in [0.3, 0.4) is 0 Å². The Labute approximate surface area is 106 Å². The Morgan fingerprint density at radius 3 is 2.12 bits per heavy atom. The van der Waals surface area contributed by atoms with Crippen LogP contribution in [0.2, 0.25) is 6.04 Å². The average molecular weight is 236 g/mol. The summed E-state index contributed by atoms with van der Waals surface area (Å²) in [4.78, 5) is 0. The zero-order valence-electron chi connectivity index (χ0n) is 9.84. The summed E-state index contributed by atoms with van der Waals surface area (Å²) in [7, 11) is 0.885. The average Bonchev–Trinajstić information content (AvgIpc) is 2.41. The van der Waals surface area contributed by atoms with Crippen molar-refractivity contribution in [2.45, 2.75) is 12.5 Å². The second-order valence-electron chi connectivity index (χ2n) is 3.91. The second-order valence-corrected chi connectivity index (χ2v) is 5.25. The molecule has 1 heteroatoms. The smallest absolute Gasteiger partial charge is 0.0849 e. The Bertz CT molecular complexity index is 445. The van der Waals surface area contributed by atoms with Crippen molar-refractivity contribution in [1.82, 2.24) is 0 Å². The molecule has 2 aromatic carbocycles. The zero-order valence-corrected chi connectivity index (χ0v) is 10.8. The molecule has 2 aromatic rings. The predicted molar refractivity (Wildman–Crippen MR) is 75.9 cm³/mol. The molecule has 0 saturated heterocycles. The lowest BCUT2D eigenvalue weighted by atomic mass is 10.1. The Kier molecular flexibility index (Phi) is 4.80. The molecule has 17 heavy (non-hydrogen) atoms. The van der Waals surface area contributed by atoms with Gasteiger partial charge in [0.25, 0.3) is 0 Å². The molecule has 2 radical (unpaired) electrons. The van der Waals surface area contributed by atoms with Crippen LogP contribution in [0.4, 0.5) is 0 Å². The van der Waals surface area contributed by atoms with Gasteiger partial charge in [0.05, 0.1) is 9.52 Å². The van der Waals surface area contributed by atoms with Crippen LogP contribution in [0.5, 0.6) is 0 Å². The number of rotatable bonds is 5. The predicted octanol–water partition coefficient (Wildman–Crippen LogP) is 3.23. The quantitative estimate of drug-likeness (QED) is 0.552. The molecule has 0 bridgehead atoms. The molecule has 0 unspecified atom stereocenters. The Balaban J connectivity index is 1.72. The van der Waals surface area contributed by atoms with Crippen LogP contribution < -0.4 is 5.19 Å². The largest absolute Gasteiger partial charge is 0.0910 e. The highest BCUT2D eigenvalue weighted by Crippen LogP contribution is 2.00. The molecule has 0 aliphatic carbocycles. The first-order valence-corrected chi connectivity index (χ1v) is 7.14. The number of hydrogen-bond donors (Lipinski definition) is 0. The van der Waals surface area contributed by atoms with E-state index in [1.165, 1.54) is 10.8 Å². The zero-order chi connectivity index (χ0) is 11.8. The van der Waals surface area contributed by atoms with Crippen LogP contribution >= 0.6 is 0 Å². The third kappa shape index (κ3) is 4.41. The molecule has 0 amide bonds. The third-order valence-corrected chi connectivity index (χ3v) is 3.74. The van der Waals surface area contributed by atoms with Crippen molar-refractivity contribution in [1.29, 1.82) is 0 Å². The van der Waals surface area contributed by atoms with Crippen molar-refractivity contribution >= 4 is 14.7 Å².